The summed E-state index contributed by atoms with van der Waals surface area (Å²) in [7, 11) is 1.59. The van der Waals surface area contributed by atoms with Crippen LogP contribution in [-0.2, 0) is 6.61 Å². The quantitative estimate of drug-likeness (QED) is 0.287. The van der Waals surface area contributed by atoms with Crippen molar-refractivity contribution in [2.24, 2.45) is 5.10 Å². The maximum Gasteiger partial charge on any atom is 0.187 e. The highest BCUT2D eigenvalue weighted by Gasteiger charge is 2.11. The molecule has 0 amide bonds. The zero-order valence-corrected chi connectivity index (χ0v) is 16.6. The Kier molecular flexibility index (Phi) is 8.04. The van der Waals surface area contributed by atoms with Gasteiger partial charge in [-0.3, -0.25) is 10.4 Å². The van der Waals surface area contributed by atoms with Gasteiger partial charge in [0.05, 0.1) is 23.5 Å². The number of aromatic nitrogens is 1. The van der Waals surface area contributed by atoms with Gasteiger partial charge in [-0.2, -0.15) is 5.10 Å². The summed E-state index contributed by atoms with van der Waals surface area (Å²) < 4.78 is 12.0. The van der Waals surface area contributed by atoms with E-state index in [-0.39, 0.29) is 0 Å². The topological polar surface area (TPSA) is 67.8 Å². The third kappa shape index (κ3) is 6.12. The molecule has 0 aliphatic heterocycles. The molecule has 0 radical (unpaired) electrons. The van der Waals surface area contributed by atoms with Crippen LogP contribution in [0.1, 0.15) is 11.3 Å². The van der Waals surface area contributed by atoms with Crippen molar-refractivity contribution in [3.05, 3.63) is 64.9 Å². The predicted molar refractivity (Wildman–Crippen MR) is 111 cm³/mol. The number of nitrogens with one attached hydrogen (secondary N) is 2. The second kappa shape index (κ2) is 10.5. The number of rotatable bonds is 8. The lowest BCUT2D eigenvalue weighted by Gasteiger charge is -2.13. The predicted octanol–water partition coefficient (Wildman–Crippen LogP) is 3.42. The second-order valence-corrected chi connectivity index (χ2v) is 6.28. The van der Waals surface area contributed by atoms with E-state index in [4.69, 9.17) is 21.7 Å². The molecule has 0 saturated heterocycles. The van der Waals surface area contributed by atoms with Crippen LogP contribution in [0.25, 0.3) is 0 Å². The molecule has 136 valence electrons. The molecule has 6 nitrogen and oxygen atoms in total. The first-order valence-corrected chi connectivity index (χ1v) is 8.92. The molecule has 8 heteroatoms. The minimum atomic E-state index is 0.341. The highest BCUT2D eigenvalue weighted by Crippen LogP contribution is 2.36. The number of ether oxygens (including phenoxy) is 2. The van der Waals surface area contributed by atoms with Gasteiger partial charge in [-0.25, -0.2) is 0 Å². The van der Waals surface area contributed by atoms with Crippen molar-refractivity contribution >= 4 is 39.5 Å². The van der Waals surface area contributed by atoms with Gasteiger partial charge >= 0.3 is 0 Å². The van der Waals surface area contributed by atoms with E-state index < -0.39 is 0 Å². The summed E-state index contributed by atoms with van der Waals surface area (Å²) in [4.78, 5) is 4.24. The molecule has 26 heavy (non-hydrogen) atoms. The summed E-state index contributed by atoms with van der Waals surface area (Å²) in [5, 5.41) is 7.44. The summed E-state index contributed by atoms with van der Waals surface area (Å²) in [5.74, 6) is 1.19. The Morgan fingerprint density at radius 3 is 2.96 bits per heavy atom. The molecule has 0 unspecified atom stereocenters. The van der Waals surface area contributed by atoms with E-state index in [1.807, 2.05) is 30.3 Å². The Morgan fingerprint density at radius 2 is 2.27 bits per heavy atom. The fourth-order valence-corrected chi connectivity index (χ4v) is 2.66. The molecule has 0 saturated carbocycles. The Bertz CT molecular complexity index is 784. The average Bonchev–Trinajstić information content (AvgIpc) is 2.66. The monoisotopic (exact) mass is 434 g/mol. The molecular formula is C18H19BrN4O2S. The number of benzene rings is 1. The van der Waals surface area contributed by atoms with E-state index in [1.54, 1.807) is 25.6 Å². The van der Waals surface area contributed by atoms with Gasteiger partial charge in [0, 0.05) is 12.7 Å². The molecule has 0 bridgehead atoms. The smallest absolute Gasteiger partial charge is 0.187 e. The van der Waals surface area contributed by atoms with Crippen molar-refractivity contribution in [3.8, 4) is 11.5 Å². The first kappa shape index (κ1) is 19.9. The van der Waals surface area contributed by atoms with Gasteiger partial charge in [0.25, 0.3) is 0 Å². The Hall–Kier alpha value is -2.45. The summed E-state index contributed by atoms with van der Waals surface area (Å²) in [6.45, 7) is 4.52. The number of nitrogens with zero attached hydrogens (tertiary/aromatic N) is 2. The third-order valence-corrected chi connectivity index (χ3v) is 3.95. The largest absolute Gasteiger partial charge is 0.493 e. The summed E-state index contributed by atoms with van der Waals surface area (Å²) in [6, 6.07) is 9.38. The molecule has 0 aliphatic carbocycles. The van der Waals surface area contributed by atoms with Crippen LogP contribution in [0, 0.1) is 0 Å². The lowest BCUT2D eigenvalue weighted by molar-refractivity contribution is 0.279. The van der Waals surface area contributed by atoms with Crippen molar-refractivity contribution in [1.82, 2.24) is 15.7 Å². The molecule has 1 heterocycles. The standard InChI is InChI=1S/C18H19BrN4O2S/c1-3-7-21-18(26)23-22-11-13-9-15(19)17(16(10-13)24-2)25-12-14-6-4-5-8-20-14/h3-6,8-11H,1,7,12H2,2H3,(H2,21,23,26). The van der Waals surface area contributed by atoms with Crippen LogP contribution in [-0.4, -0.2) is 30.0 Å². The van der Waals surface area contributed by atoms with E-state index in [0.717, 1.165) is 15.7 Å². The number of pyridine rings is 1. The number of halogens is 1. The van der Waals surface area contributed by atoms with E-state index in [2.05, 4.69) is 43.3 Å². The normalized spacial score (nSPS) is 10.4. The van der Waals surface area contributed by atoms with Crippen molar-refractivity contribution in [2.45, 2.75) is 6.61 Å². The van der Waals surface area contributed by atoms with Gasteiger partial charge in [0.2, 0.25) is 0 Å². The van der Waals surface area contributed by atoms with Crippen molar-refractivity contribution in [3.63, 3.8) is 0 Å². The Morgan fingerprint density at radius 1 is 1.42 bits per heavy atom. The number of hydrogen-bond donors (Lipinski definition) is 2. The van der Waals surface area contributed by atoms with E-state index in [1.165, 1.54) is 0 Å². The molecule has 2 rings (SSSR count). The van der Waals surface area contributed by atoms with Crippen molar-refractivity contribution in [2.75, 3.05) is 13.7 Å². The van der Waals surface area contributed by atoms with E-state index >= 15 is 0 Å². The van der Waals surface area contributed by atoms with Gasteiger partial charge in [-0.1, -0.05) is 12.1 Å². The lowest BCUT2D eigenvalue weighted by atomic mass is 10.2. The zero-order valence-electron chi connectivity index (χ0n) is 14.2. The van der Waals surface area contributed by atoms with E-state index in [0.29, 0.717) is 29.8 Å². The molecular weight excluding hydrogens is 416 g/mol. The van der Waals surface area contributed by atoms with Crippen LogP contribution in [0.5, 0.6) is 11.5 Å². The maximum absolute atomic E-state index is 5.85. The van der Waals surface area contributed by atoms with Crippen molar-refractivity contribution < 1.29 is 9.47 Å². The first-order valence-electron chi connectivity index (χ1n) is 7.72. The van der Waals surface area contributed by atoms with Gasteiger partial charge in [-0.05, 0) is 58.0 Å². The fraction of sp³-hybridized carbons (Fsp3) is 0.167. The SMILES string of the molecule is C=CCNC(=S)NN=Cc1cc(Br)c(OCc2ccccn2)c(OC)c1. The molecule has 1 aromatic heterocycles. The fourth-order valence-electron chi connectivity index (χ4n) is 1.95. The highest BCUT2D eigenvalue weighted by atomic mass is 79.9. The Balaban J connectivity index is 2.05. The molecule has 2 aromatic rings. The summed E-state index contributed by atoms with van der Waals surface area (Å²) in [5.41, 5.74) is 4.38. The van der Waals surface area contributed by atoms with Crippen molar-refractivity contribution in [1.29, 1.82) is 0 Å². The second-order valence-electron chi connectivity index (χ2n) is 5.01. The van der Waals surface area contributed by atoms with Crippen LogP contribution >= 0.6 is 28.1 Å². The lowest BCUT2D eigenvalue weighted by Crippen LogP contribution is -2.31. The molecule has 0 fully saturated rings. The number of methoxy groups -OCH3 is 1. The molecule has 1 aromatic carbocycles. The minimum absolute atomic E-state index is 0.341. The van der Waals surface area contributed by atoms with Gasteiger partial charge in [0.15, 0.2) is 16.6 Å². The summed E-state index contributed by atoms with van der Waals surface area (Å²) in [6.07, 6.45) is 5.08. The van der Waals surface area contributed by atoms with Crippen LogP contribution in [0.2, 0.25) is 0 Å². The number of hydrazone groups is 1. The molecule has 0 spiro atoms. The third-order valence-electron chi connectivity index (χ3n) is 3.13. The van der Waals surface area contributed by atoms with Gasteiger partial charge in [-0.15, -0.1) is 6.58 Å². The highest BCUT2D eigenvalue weighted by molar-refractivity contribution is 9.10. The summed E-state index contributed by atoms with van der Waals surface area (Å²) >= 11 is 8.58. The Labute approximate surface area is 166 Å². The van der Waals surface area contributed by atoms with Gasteiger partial charge < -0.3 is 14.8 Å². The van der Waals surface area contributed by atoms with Crippen LogP contribution in [0.15, 0.2) is 58.8 Å². The van der Waals surface area contributed by atoms with Gasteiger partial charge in [0.1, 0.15) is 6.61 Å². The molecule has 0 atom stereocenters. The first-order chi connectivity index (χ1) is 12.6. The molecule has 2 N–H and O–H groups in total. The number of thiocarbonyl (C=S) groups is 1. The minimum Gasteiger partial charge on any atom is -0.493 e. The molecule has 0 aliphatic rings. The number of hydrogen-bond acceptors (Lipinski definition) is 5. The zero-order chi connectivity index (χ0) is 18.8. The van der Waals surface area contributed by atoms with Crippen LogP contribution < -0.4 is 20.2 Å². The van der Waals surface area contributed by atoms with Crippen LogP contribution in [0.3, 0.4) is 0 Å². The maximum atomic E-state index is 5.85. The van der Waals surface area contributed by atoms with E-state index in [9.17, 15) is 0 Å². The average molecular weight is 435 g/mol. The van der Waals surface area contributed by atoms with Crippen LogP contribution in [0.4, 0.5) is 0 Å².